The zero-order valence-corrected chi connectivity index (χ0v) is 12.3. The molecule has 110 valence electrons. The van der Waals surface area contributed by atoms with Gasteiger partial charge >= 0.3 is 11.8 Å². The Balaban J connectivity index is 2.34. The molecule has 0 fully saturated rings. The SMILES string of the molecule is NC(=O)OCCNc1c([N+](=O)[O-])cnc2cc(Br)ccc12. The number of primary amides is 1. The summed E-state index contributed by atoms with van der Waals surface area (Å²) in [6.07, 6.45) is 0.293. The first-order valence-corrected chi connectivity index (χ1v) is 6.67. The number of nitro groups is 1. The number of fused-ring (bicyclic) bond motifs is 1. The molecule has 8 nitrogen and oxygen atoms in total. The number of rotatable bonds is 5. The molecule has 0 saturated heterocycles. The third-order valence-electron chi connectivity index (χ3n) is 2.66. The number of amides is 1. The van der Waals surface area contributed by atoms with Crippen LogP contribution in [0, 0.1) is 10.1 Å². The lowest BCUT2D eigenvalue weighted by molar-refractivity contribution is -0.384. The number of halogens is 1. The van der Waals surface area contributed by atoms with E-state index in [1.54, 1.807) is 18.2 Å². The number of nitrogens with two attached hydrogens (primary N) is 1. The van der Waals surface area contributed by atoms with Gasteiger partial charge < -0.3 is 15.8 Å². The Hall–Kier alpha value is -2.42. The number of hydrogen-bond acceptors (Lipinski definition) is 6. The Morgan fingerprint density at radius 3 is 2.95 bits per heavy atom. The van der Waals surface area contributed by atoms with Crippen molar-refractivity contribution in [2.45, 2.75) is 0 Å². The number of carbonyl (C=O) groups is 1. The van der Waals surface area contributed by atoms with Crippen LogP contribution in [0.4, 0.5) is 16.2 Å². The van der Waals surface area contributed by atoms with Gasteiger partial charge in [-0.05, 0) is 18.2 Å². The minimum absolute atomic E-state index is 0.00678. The number of pyridine rings is 1. The maximum absolute atomic E-state index is 11.1. The van der Waals surface area contributed by atoms with Gasteiger partial charge in [-0.25, -0.2) is 9.78 Å². The van der Waals surface area contributed by atoms with Crippen molar-refractivity contribution in [1.29, 1.82) is 0 Å². The van der Waals surface area contributed by atoms with Gasteiger partial charge in [-0.3, -0.25) is 10.1 Å². The van der Waals surface area contributed by atoms with Crippen molar-refractivity contribution in [3.63, 3.8) is 0 Å². The van der Waals surface area contributed by atoms with Gasteiger partial charge in [0, 0.05) is 16.4 Å². The molecule has 1 heterocycles. The summed E-state index contributed by atoms with van der Waals surface area (Å²) in [7, 11) is 0. The Kier molecular flexibility index (Phi) is 4.53. The van der Waals surface area contributed by atoms with Crippen LogP contribution in [0.25, 0.3) is 10.9 Å². The Morgan fingerprint density at radius 1 is 1.52 bits per heavy atom. The van der Waals surface area contributed by atoms with Gasteiger partial charge in [-0.15, -0.1) is 0 Å². The van der Waals surface area contributed by atoms with Crippen molar-refractivity contribution in [2.24, 2.45) is 5.73 Å². The molecule has 0 aliphatic carbocycles. The summed E-state index contributed by atoms with van der Waals surface area (Å²) in [4.78, 5) is 25.1. The maximum atomic E-state index is 11.1. The van der Waals surface area contributed by atoms with Gasteiger partial charge in [0.2, 0.25) is 0 Å². The minimum Gasteiger partial charge on any atom is -0.448 e. The summed E-state index contributed by atoms with van der Waals surface area (Å²) in [5.41, 5.74) is 5.63. The van der Waals surface area contributed by atoms with Crippen molar-refractivity contribution in [2.75, 3.05) is 18.5 Å². The average molecular weight is 355 g/mol. The Bertz CT molecular complexity index is 707. The van der Waals surface area contributed by atoms with E-state index < -0.39 is 11.0 Å². The zero-order chi connectivity index (χ0) is 15.4. The molecule has 2 aromatic rings. The van der Waals surface area contributed by atoms with E-state index in [2.05, 4.69) is 31.0 Å². The molecule has 0 saturated carbocycles. The van der Waals surface area contributed by atoms with E-state index in [4.69, 9.17) is 5.73 Å². The number of carbonyl (C=O) groups excluding carboxylic acids is 1. The first-order valence-electron chi connectivity index (χ1n) is 5.88. The molecule has 0 unspecified atom stereocenters. The zero-order valence-electron chi connectivity index (χ0n) is 10.7. The molecule has 2 rings (SSSR count). The van der Waals surface area contributed by atoms with E-state index >= 15 is 0 Å². The highest BCUT2D eigenvalue weighted by Crippen LogP contribution is 2.32. The highest BCUT2D eigenvalue weighted by molar-refractivity contribution is 9.10. The van der Waals surface area contributed by atoms with Gasteiger partial charge in [0.05, 0.1) is 10.4 Å². The quantitative estimate of drug-likeness (QED) is 0.483. The standard InChI is InChI=1S/C12H11BrN4O4/c13-7-1-2-8-9(5-7)16-6-10(17(19)20)11(8)15-3-4-21-12(14)18/h1-2,5-6H,3-4H2,(H2,14,18)(H,15,16). The van der Waals surface area contributed by atoms with E-state index in [-0.39, 0.29) is 18.8 Å². The van der Waals surface area contributed by atoms with Crippen LogP contribution in [0.2, 0.25) is 0 Å². The number of aromatic nitrogens is 1. The van der Waals surface area contributed by atoms with Crippen LogP contribution in [0.1, 0.15) is 0 Å². The molecule has 9 heteroatoms. The van der Waals surface area contributed by atoms with E-state index in [0.717, 1.165) is 4.47 Å². The van der Waals surface area contributed by atoms with Crippen LogP contribution in [0.5, 0.6) is 0 Å². The Labute approximate surface area is 127 Å². The van der Waals surface area contributed by atoms with Gasteiger partial charge in [-0.2, -0.15) is 0 Å². The highest BCUT2D eigenvalue weighted by atomic mass is 79.9. The summed E-state index contributed by atoms with van der Waals surface area (Å²) < 4.78 is 5.40. The highest BCUT2D eigenvalue weighted by Gasteiger charge is 2.17. The Morgan fingerprint density at radius 2 is 2.29 bits per heavy atom. The van der Waals surface area contributed by atoms with Crippen molar-refractivity contribution in [3.05, 3.63) is 39.0 Å². The maximum Gasteiger partial charge on any atom is 0.404 e. The van der Waals surface area contributed by atoms with Gasteiger partial charge in [0.1, 0.15) is 18.5 Å². The molecule has 0 spiro atoms. The van der Waals surface area contributed by atoms with Crippen LogP contribution in [0.3, 0.4) is 0 Å². The van der Waals surface area contributed by atoms with E-state index in [1.165, 1.54) is 6.20 Å². The lowest BCUT2D eigenvalue weighted by atomic mass is 10.1. The summed E-state index contributed by atoms with van der Waals surface area (Å²) in [5.74, 6) is 0. The first-order chi connectivity index (χ1) is 9.99. The largest absolute Gasteiger partial charge is 0.448 e. The fraction of sp³-hybridized carbons (Fsp3) is 0.167. The fourth-order valence-electron chi connectivity index (χ4n) is 1.81. The van der Waals surface area contributed by atoms with Crippen molar-refractivity contribution in [3.8, 4) is 0 Å². The van der Waals surface area contributed by atoms with Crippen molar-refractivity contribution in [1.82, 2.24) is 4.98 Å². The molecule has 0 bridgehead atoms. The second kappa shape index (κ2) is 6.35. The van der Waals surface area contributed by atoms with Gasteiger partial charge in [-0.1, -0.05) is 15.9 Å². The average Bonchev–Trinajstić information content (AvgIpc) is 2.42. The second-order valence-electron chi connectivity index (χ2n) is 4.03. The number of nitrogens with zero attached hydrogens (tertiary/aromatic N) is 2. The molecule has 21 heavy (non-hydrogen) atoms. The summed E-state index contributed by atoms with van der Waals surface area (Å²) in [6.45, 7) is 0.200. The number of hydrogen-bond donors (Lipinski definition) is 2. The summed E-state index contributed by atoms with van der Waals surface area (Å²) >= 11 is 3.32. The molecule has 1 aromatic carbocycles. The third kappa shape index (κ3) is 3.57. The number of anilines is 1. The van der Waals surface area contributed by atoms with Crippen LogP contribution in [0.15, 0.2) is 28.9 Å². The first kappa shape index (κ1) is 15.0. The third-order valence-corrected chi connectivity index (χ3v) is 3.15. The molecule has 3 N–H and O–H groups in total. The normalized spacial score (nSPS) is 10.3. The smallest absolute Gasteiger partial charge is 0.404 e. The van der Waals surface area contributed by atoms with Crippen molar-refractivity contribution < 1.29 is 14.5 Å². The number of ether oxygens (including phenoxy) is 1. The molecule has 0 atom stereocenters. The van der Waals surface area contributed by atoms with Gasteiger partial charge in [0.15, 0.2) is 0 Å². The lowest BCUT2D eigenvalue weighted by Gasteiger charge is -2.10. The molecule has 0 aliphatic heterocycles. The lowest BCUT2D eigenvalue weighted by Crippen LogP contribution is -2.18. The molecular formula is C12H11BrN4O4. The monoisotopic (exact) mass is 354 g/mol. The molecule has 1 aromatic heterocycles. The van der Waals surface area contributed by atoms with Crippen LogP contribution in [-0.2, 0) is 4.74 Å². The van der Waals surface area contributed by atoms with Crippen LogP contribution < -0.4 is 11.1 Å². The molecule has 1 amide bonds. The van der Waals surface area contributed by atoms with Crippen molar-refractivity contribution >= 4 is 44.3 Å². The summed E-state index contributed by atoms with van der Waals surface area (Å²) in [5, 5.41) is 14.6. The predicted octanol–water partition coefficient (Wildman–Crippen LogP) is 2.41. The number of nitrogens with one attached hydrogen (secondary N) is 1. The topological polar surface area (TPSA) is 120 Å². The number of benzene rings is 1. The second-order valence-corrected chi connectivity index (χ2v) is 4.95. The van der Waals surface area contributed by atoms with Crippen LogP contribution >= 0.6 is 15.9 Å². The van der Waals surface area contributed by atoms with E-state index in [9.17, 15) is 14.9 Å². The minimum atomic E-state index is -0.894. The van der Waals surface area contributed by atoms with E-state index in [1.807, 2.05) is 0 Å². The van der Waals surface area contributed by atoms with E-state index in [0.29, 0.717) is 16.6 Å². The molecule has 0 aliphatic rings. The fourth-order valence-corrected chi connectivity index (χ4v) is 2.16. The van der Waals surface area contributed by atoms with Gasteiger partial charge in [0.25, 0.3) is 0 Å². The predicted molar refractivity (Wildman–Crippen MR) is 80.1 cm³/mol. The molecule has 0 radical (unpaired) electrons. The summed E-state index contributed by atoms with van der Waals surface area (Å²) in [6, 6.07) is 5.24. The molecular weight excluding hydrogens is 344 g/mol. The van der Waals surface area contributed by atoms with Crippen LogP contribution in [-0.4, -0.2) is 29.2 Å².